The summed E-state index contributed by atoms with van der Waals surface area (Å²) in [5.41, 5.74) is 6.97. The summed E-state index contributed by atoms with van der Waals surface area (Å²) in [6.07, 6.45) is 0.686. The summed E-state index contributed by atoms with van der Waals surface area (Å²) < 4.78 is 13.6. The van der Waals surface area contributed by atoms with Crippen LogP contribution < -0.4 is 11.1 Å². The van der Waals surface area contributed by atoms with Gasteiger partial charge in [-0.2, -0.15) is 0 Å². The molecule has 3 N–H and O–H groups in total. The van der Waals surface area contributed by atoms with Crippen LogP contribution in [0.1, 0.15) is 37.4 Å². The highest BCUT2D eigenvalue weighted by Crippen LogP contribution is 2.30. The molecule has 1 unspecified atom stereocenters. The van der Waals surface area contributed by atoms with Crippen LogP contribution in [0.15, 0.2) is 12.1 Å². The Hall–Kier alpha value is -0.640. The van der Waals surface area contributed by atoms with Crippen LogP contribution in [0.3, 0.4) is 0 Å². The normalized spacial score (nSPS) is 13.8. The van der Waals surface area contributed by atoms with Crippen molar-refractivity contribution in [3.63, 3.8) is 0 Å². The molecule has 0 aromatic heterocycles. The Labute approximate surface area is 107 Å². The number of hydrogen-bond acceptors (Lipinski definition) is 2. The van der Waals surface area contributed by atoms with Gasteiger partial charge in [-0.1, -0.05) is 11.6 Å². The fourth-order valence-electron chi connectivity index (χ4n) is 1.82. The quantitative estimate of drug-likeness (QED) is 0.871. The van der Waals surface area contributed by atoms with Crippen molar-refractivity contribution in [3.8, 4) is 0 Å². The Morgan fingerprint density at radius 1 is 1.47 bits per heavy atom. The van der Waals surface area contributed by atoms with E-state index in [0.29, 0.717) is 17.0 Å². The molecule has 0 amide bonds. The van der Waals surface area contributed by atoms with Gasteiger partial charge in [-0.05, 0) is 57.5 Å². The molecule has 0 radical (unpaired) electrons. The predicted molar refractivity (Wildman–Crippen MR) is 70.8 cm³/mol. The van der Waals surface area contributed by atoms with Gasteiger partial charge in [0.2, 0.25) is 0 Å². The van der Waals surface area contributed by atoms with Crippen molar-refractivity contribution in [1.29, 1.82) is 0 Å². The molecule has 96 valence electrons. The number of benzene rings is 1. The lowest BCUT2D eigenvalue weighted by molar-refractivity contribution is 0.395. The van der Waals surface area contributed by atoms with E-state index in [2.05, 4.69) is 5.32 Å². The molecule has 1 rings (SSSR count). The van der Waals surface area contributed by atoms with Crippen molar-refractivity contribution in [1.82, 2.24) is 5.32 Å². The average Bonchev–Trinajstić information content (AvgIpc) is 2.19. The lowest BCUT2D eigenvalue weighted by Gasteiger charge is -2.27. The lowest BCUT2D eigenvalue weighted by Crippen LogP contribution is -2.37. The number of nitrogens with one attached hydrogen (secondary N) is 1. The zero-order valence-electron chi connectivity index (χ0n) is 10.8. The van der Waals surface area contributed by atoms with E-state index >= 15 is 0 Å². The summed E-state index contributed by atoms with van der Waals surface area (Å²) in [7, 11) is 1.82. The van der Waals surface area contributed by atoms with Gasteiger partial charge in [0, 0.05) is 16.6 Å². The minimum Gasteiger partial charge on any atom is -0.325 e. The monoisotopic (exact) mass is 258 g/mol. The van der Waals surface area contributed by atoms with Crippen LogP contribution in [-0.2, 0) is 0 Å². The van der Waals surface area contributed by atoms with E-state index in [9.17, 15) is 4.39 Å². The summed E-state index contributed by atoms with van der Waals surface area (Å²) in [5, 5.41) is 3.71. The molecular weight excluding hydrogens is 239 g/mol. The molecule has 0 aliphatic heterocycles. The SMILES string of the molecule is CNC(CC(C)(C)N)c1cc(F)c(C)cc1Cl. The van der Waals surface area contributed by atoms with Gasteiger partial charge in [0.1, 0.15) is 5.82 Å². The van der Waals surface area contributed by atoms with Crippen molar-refractivity contribution in [2.75, 3.05) is 7.05 Å². The molecule has 0 fully saturated rings. The second-order valence-corrected chi connectivity index (χ2v) is 5.56. The van der Waals surface area contributed by atoms with Gasteiger partial charge in [-0.25, -0.2) is 4.39 Å². The standard InChI is InChI=1S/C13H20ClFN2/c1-8-5-10(14)9(6-11(8)15)12(17-4)7-13(2,3)16/h5-6,12,17H,7,16H2,1-4H3. The summed E-state index contributed by atoms with van der Waals surface area (Å²) in [5.74, 6) is -0.237. The van der Waals surface area contributed by atoms with Gasteiger partial charge in [-0.3, -0.25) is 0 Å². The second kappa shape index (κ2) is 5.34. The van der Waals surface area contributed by atoms with E-state index in [1.165, 1.54) is 6.07 Å². The first-order valence-corrected chi connectivity index (χ1v) is 6.04. The molecule has 2 nitrogen and oxygen atoms in total. The van der Waals surface area contributed by atoms with Gasteiger partial charge in [0.25, 0.3) is 0 Å². The zero-order valence-corrected chi connectivity index (χ0v) is 11.5. The van der Waals surface area contributed by atoms with E-state index in [1.807, 2.05) is 20.9 Å². The molecule has 4 heteroatoms. The molecule has 0 aliphatic carbocycles. The Bertz CT molecular complexity index is 399. The average molecular weight is 259 g/mol. The highest BCUT2D eigenvalue weighted by atomic mass is 35.5. The van der Waals surface area contributed by atoms with Crippen LogP contribution in [-0.4, -0.2) is 12.6 Å². The molecule has 1 atom stereocenters. The maximum atomic E-state index is 13.6. The first-order valence-electron chi connectivity index (χ1n) is 5.66. The highest BCUT2D eigenvalue weighted by molar-refractivity contribution is 6.31. The lowest BCUT2D eigenvalue weighted by atomic mass is 9.91. The maximum absolute atomic E-state index is 13.6. The molecular formula is C13H20ClFN2. The van der Waals surface area contributed by atoms with Crippen molar-refractivity contribution >= 4 is 11.6 Å². The molecule has 0 heterocycles. The van der Waals surface area contributed by atoms with Crippen LogP contribution >= 0.6 is 11.6 Å². The molecule has 0 aliphatic rings. The third-order valence-corrected chi connectivity index (χ3v) is 3.06. The van der Waals surface area contributed by atoms with Crippen LogP contribution in [0, 0.1) is 12.7 Å². The fraction of sp³-hybridized carbons (Fsp3) is 0.538. The highest BCUT2D eigenvalue weighted by Gasteiger charge is 2.22. The van der Waals surface area contributed by atoms with Crippen LogP contribution in [0.25, 0.3) is 0 Å². The van der Waals surface area contributed by atoms with Crippen LogP contribution in [0.2, 0.25) is 5.02 Å². The topological polar surface area (TPSA) is 38.0 Å². The fourth-order valence-corrected chi connectivity index (χ4v) is 2.17. The minimum atomic E-state index is -0.335. The minimum absolute atomic E-state index is 0.0439. The third kappa shape index (κ3) is 3.95. The zero-order chi connectivity index (χ0) is 13.2. The number of rotatable bonds is 4. The van der Waals surface area contributed by atoms with E-state index < -0.39 is 0 Å². The summed E-state index contributed by atoms with van der Waals surface area (Å²) in [6.45, 7) is 5.58. The third-order valence-electron chi connectivity index (χ3n) is 2.73. The van der Waals surface area contributed by atoms with Gasteiger partial charge >= 0.3 is 0 Å². The summed E-state index contributed by atoms with van der Waals surface area (Å²) in [6, 6.07) is 3.10. The number of aryl methyl sites for hydroxylation is 1. The van der Waals surface area contributed by atoms with Crippen molar-refractivity contribution in [2.45, 2.75) is 38.8 Å². The Morgan fingerprint density at radius 2 is 2.06 bits per heavy atom. The van der Waals surface area contributed by atoms with Gasteiger partial charge < -0.3 is 11.1 Å². The Balaban J connectivity index is 3.08. The molecule has 1 aromatic rings. The molecule has 0 spiro atoms. The Kier molecular flexibility index (Phi) is 4.53. The summed E-state index contributed by atoms with van der Waals surface area (Å²) in [4.78, 5) is 0. The van der Waals surface area contributed by atoms with Crippen LogP contribution in [0.4, 0.5) is 4.39 Å². The molecule has 0 bridgehead atoms. The van der Waals surface area contributed by atoms with Crippen molar-refractivity contribution < 1.29 is 4.39 Å². The van der Waals surface area contributed by atoms with Gasteiger partial charge in [0.05, 0.1) is 0 Å². The predicted octanol–water partition coefficient (Wildman–Crippen LogP) is 3.18. The Morgan fingerprint density at radius 3 is 2.53 bits per heavy atom. The smallest absolute Gasteiger partial charge is 0.126 e. The first-order chi connectivity index (χ1) is 7.74. The first kappa shape index (κ1) is 14.4. The van der Waals surface area contributed by atoms with Crippen molar-refractivity contribution in [3.05, 3.63) is 34.1 Å². The van der Waals surface area contributed by atoms with E-state index in [0.717, 1.165) is 5.56 Å². The molecule has 17 heavy (non-hydrogen) atoms. The molecule has 0 saturated heterocycles. The van der Waals surface area contributed by atoms with Crippen molar-refractivity contribution in [2.24, 2.45) is 5.73 Å². The van der Waals surface area contributed by atoms with E-state index in [-0.39, 0.29) is 17.4 Å². The number of halogens is 2. The van der Waals surface area contributed by atoms with E-state index in [1.54, 1.807) is 13.0 Å². The van der Waals surface area contributed by atoms with Crippen LogP contribution in [0.5, 0.6) is 0 Å². The molecule has 0 saturated carbocycles. The summed E-state index contributed by atoms with van der Waals surface area (Å²) >= 11 is 6.16. The van der Waals surface area contributed by atoms with Gasteiger partial charge in [-0.15, -0.1) is 0 Å². The maximum Gasteiger partial charge on any atom is 0.126 e. The largest absolute Gasteiger partial charge is 0.325 e. The number of nitrogens with two attached hydrogens (primary N) is 1. The molecule has 1 aromatic carbocycles. The number of hydrogen-bond donors (Lipinski definition) is 2. The van der Waals surface area contributed by atoms with Gasteiger partial charge in [0.15, 0.2) is 0 Å². The second-order valence-electron chi connectivity index (χ2n) is 5.16. The van der Waals surface area contributed by atoms with E-state index in [4.69, 9.17) is 17.3 Å².